The molecule has 0 radical (unpaired) electrons. The molecule has 16 heavy (non-hydrogen) atoms. The third kappa shape index (κ3) is 1.24. The molecule has 0 unspecified atom stereocenters. The topological polar surface area (TPSA) is 39.8 Å². The molecule has 1 aromatic carbocycles. The predicted octanol–water partition coefficient (Wildman–Crippen LogP) is 1.51. The lowest BCUT2D eigenvalue weighted by Crippen LogP contribution is -2.25. The van der Waals surface area contributed by atoms with Crippen LogP contribution in [0.25, 0.3) is 10.9 Å². The summed E-state index contributed by atoms with van der Waals surface area (Å²) >= 11 is 0. The van der Waals surface area contributed by atoms with Crippen molar-refractivity contribution in [1.29, 1.82) is 0 Å². The summed E-state index contributed by atoms with van der Waals surface area (Å²) in [6.45, 7) is 0. The van der Waals surface area contributed by atoms with Gasteiger partial charge in [0, 0.05) is 12.4 Å². The molecule has 0 fully saturated rings. The highest BCUT2D eigenvalue weighted by molar-refractivity contribution is 5.76. The van der Waals surface area contributed by atoms with Crippen LogP contribution in [0.3, 0.4) is 0 Å². The van der Waals surface area contributed by atoms with Crippen LogP contribution in [-0.2, 0) is 0 Å². The Bertz CT molecular complexity index is 683. The Hall–Kier alpha value is -2.36. The number of nitrogens with zero attached hydrogens (tertiary/aromatic N) is 3. The number of hydrogen-bond donors (Lipinski definition) is 0. The molecule has 2 heterocycles. The standard InChI is InChI=1S/C12H9N3O/c16-12-10-5-1-2-6-11(10)13-9-15(12)14-7-3-4-8-14/h1-9H. The second kappa shape index (κ2) is 3.34. The van der Waals surface area contributed by atoms with Crippen LogP contribution in [0.15, 0.2) is 59.9 Å². The molecule has 0 aliphatic rings. The average molecular weight is 211 g/mol. The van der Waals surface area contributed by atoms with E-state index in [2.05, 4.69) is 4.98 Å². The molecule has 0 spiro atoms. The van der Waals surface area contributed by atoms with Gasteiger partial charge in [0.25, 0.3) is 5.56 Å². The van der Waals surface area contributed by atoms with Gasteiger partial charge < -0.3 is 0 Å². The normalized spacial score (nSPS) is 10.8. The Kier molecular flexibility index (Phi) is 1.86. The molecule has 4 heteroatoms. The fourth-order valence-corrected chi connectivity index (χ4v) is 1.69. The van der Waals surface area contributed by atoms with Crippen molar-refractivity contribution in [2.45, 2.75) is 0 Å². The van der Waals surface area contributed by atoms with Crippen molar-refractivity contribution >= 4 is 10.9 Å². The predicted molar refractivity (Wildman–Crippen MR) is 61.2 cm³/mol. The van der Waals surface area contributed by atoms with Crippen LogP contribution in [0.2, 0.25) is 0 Å². The lowest BCUT2D eigenvalue weighted by molar-refractivity contribution is 0.627. The Morgan fingerprint density at radius 2 is 1.75 bits per heavy atom. The van der Waals surface area contributed by atoms with Gasteiger partial charge in [0.1, 0.15) is 6.33 Å². The number of aromatic nitrogens is 3. The minimum atomic E-state index is -0.0678. The number of rotatable bonds is 1. The van der Waals surface area contributed by atoms with E-state index in [0.29, 0.717) is 5.39 Å². The minimum Gasteiger partial charge on any atom is -0.267 e. The Labute approximate surface area is 91.4 Å². The van der Waals surface area contributed by atoms with Crippen LogP contribution in [-0.4, -0.2) is 14.3 Å². The van der Waals surface area contributed by atoms with Crippen molar-refractivity contribution in [3.8, 4) is 0 Å². The molecule has 0 saturated heterocycles. The van der Waals surface area contributed by atoms with Gasteiger partial charge in [-0.1, -0.05) is 12.1 Å². The van der Waals surface area contributed by atoms with Gasteiger partial charge in [0.05, 0.1) is 10.9 Å². The van der Waals surface area contributed by atoms with Crippen LogP contribution >= 0.6 is 0 Å². The van der Waals surface area contributed by atoms with E-state index in [1.807, 2.05) is 30.3 Å². The van der Waals surface area contributed by atoms with Crippen molar-refractivity contribution in [3.05, 3.63) is 65.5 Å². The molecule has 2 aromatic heterocycles. The zero-order chi connectivity index (χ0) is 11.0. The third-order valence-corrected chi connectivity index (χ3v) is 2.49. The lowest BCUT2D eigenvalue weighted by Gasteiger charge is -2.06. The highest BCUT2D eigenvalue weighted by atomic mass is 16.1. The summed E-state index contributed by atoms with van der Waals surface area (Å²) in [5.74, 6) is 0. The van der Waals surface area contributed by atoms with E-state index in [1.54, 1.807) is 23.1 Å². The smallest absolute Gasteiger partial charge is 0.267 e. The van der Waals surface area contributed by atoms with E-state index in [-0.39, 0.29) is 5.56 Å². The third-order valence-electron chi connectivity index (χ3n) is 2.49. The maximum atomic E-state index is 12.1. The van der Waals surface area contributed by atoms with E-state index in [4.69, 9.17) is 0 Å². The van der Waals surface area contributed by atoms with Gasteiger partial charge in [0.2, 0.25) is 0 Å². The molecular weight excluding hydrogens is 202 g/mol. The lowest BCUT2D eigenvalue weighted by atomic mass is 10.2. The Morgan fingerprint density at radius 3 is 2.56 bits per heavy atom. The highest BCUT2D eigenvalue weighted by Gasteiger charge is 2.03. The van der Waals surface area contributed by atoms with Gasteiger partial charge in [-0.3, -0.25) is 9.47 Å². The first-order valence-corrected chi connectivity index (χ1v) is 4.96. The largest absolute Gasteiger partial charge is 0.280 e. The van der Waals surface area contributed by atoms with Crippen molar-refractivity contribution in [3.63, 3.8) is 0 Å². The van der Waals surface area contributed by atoms with Gasteiger partial charge in [-0.2, -0.15) is 0 Å². The summed E-state index contributed by atoms with van der Waals surface area (Å²) in [5, 5.41) is 0.624. The monoisotopic (exact) mass is 211 g/mol. The Balaban J connectivity index is 2.37. The summed E-state index contributed by atoms with van der Waals surface area (Å²) in [4.78, 5) is 16.4. The maximum absolute atomic E-state index is 12.1. The summed E-state index contributed by atoms with van der Waals surface area (Å²) in [7, 11) is 0. The van der Waals surface area contributed by atoms with Crippen molar-refractivity contribution in [1.82, 2.24) is 14.3 Å². The molecule has 0 aliphatic heterocycles. The Morgan fingerprint density at radius 1 is 1.00 bits per heavy atom. The number of hydrogen-bond acceptors (Lipinski definition) is 2. The van der Waals surface area contributed by atoms with Gasteiger partial charge in [-0.15, -0.1) is 0 Å². The minimum absolute atomic E-state index is 0.0678. The molecule has 3 aromatic rings. The van der Waals surface area contributed by atoms with Crippen LogP contribution < -0.4 is 5.56 Å². The number of benzene rings is 1. The van der Waals surface area contributed by atoms with E-state index in [9.17, 15) is 4.79 Å². The average Bonchev–Trinajstić information content (AvgIpc) is 2.83. The van der Waals surface area contributed by atoms with E-state index in [1.165, 1.54) is 11.0 Å². The fraction of sp³-hybridized carbons (Fsp3) is 0. The van der Waals surface area contributed by atoms with Crippen LogP contribution in [0, 0.1) is 0 Å². The van der Waals surface area contributed by atoms with Gasteiger partial charge in [-0.05, 0) is 24.3 Å². The van der Waals surface area contributed by atoms with E-state index < -0.39 is 0 Å². The first kappa shape index (κ1) is 8.91. The molecule has 78 valence electrons. The number of fused-ring (bicyclic) bond motifs is 1. The molecule has 3 rings (SSSR count). The summed E-state index contributed by atoms with van der Waals surface area (Å²) in [6, 6.07) is 11.0. The first-order chi connectivity index (χ1) is 7.86. The highest BCUT2D eigenvalue weighted by Crippen LogP contribution is 2.04. The molecule has 0 amide bonds. The second-order valence-electron chi connectivity index (χ2n) is 3.47. The molecule has 0 bridgehead atoms. The molecule has 0 saturated carbocycles. The zero-order valence-corrected chi connectivity index (χ0v) is 8.45. The zero-order valence-electron chi connectivity index (χ0n) is 8.45. The van der Waals surface area contributed by atoms with Crippen LogP contribution in [0.1, 0.15) is 0 Å². The molecular formula is C12H9N3O. The fourth-order valence-electron chi connectivity index (χ4n) is 1.69. The van der Waals surface area contributed by atoms with Crippen molar-refractivity contribution in [2.24, 2.45) is 0 Å². The summed E-state index contributed by atoms with van der Waals surface area (Å²) in [6.07, 6.45) is 5.14. The van der Waals surface area contributed by atoms with Gasteiger partial charge in [0.15, 0.2) is 0 Å². The molecule has 0 N–H and O–H groups in total. The quantitative estimate of drug-likeness (QED) is 0.612. The van der Waals surface area contributed by atoms with E-state index >= 15 is 0 Å². The van der Waals surface area contributed by atoms with Crippen LogP contribution in [0.5, 0.6) is 0 Å². The summed E-state index contributed by atoms with van der Waals surface area (Å²) in [5.41, 5.74) is 0.651. The summed E-state index contributed by atoms with van der Waals surface area (Å²) < 4.78 is 3.17. The first-order valence-electron chi connectivity index (χ1n) is 4.96. The molecule has 4 nitrogen and oxygen atoms in total. The van der Waals surface area contributed by atoms with Crippen molar-refractivity contribution < 1.29 is 0 Å². The molecule has 0 aliphatic carbocycles. The van der Waals surface area contributed by atoms with Gasteiger partial charge >= 0.3 is 0 Å². The van der Waals surface area contributed by atoms with Gasteiger partial charge in [-0.25, -0.2) is 9.66 Å². The second-order valence-corrected chi connectivity index (χ2v) is 3.47. The van der Waals surface area contributed by atoms with E-state index in [0.717, 1.165) is 5.52 Å². The SMILES string of the molecule is O=c1c2ccccc2ncn1-n1cccc1. The van der Waals surface area contributed by atoms with Crippen molar-refractivity contribution in [2.75, 3.05) is 0 Å². The molecule has 0 atom stereocenters. The maximum Gasteiger partial charge on any atom is 0.280 e. The van der Waals surface area contributed by atoms with Crippen LogP contribution in [0.4, 0.5) is 0 Å². The number of para-hydroxylation sites is 1.